The normalized spacial score (nSPS) is 26.2. The third kappa shape index (κ3) is 4.85. The lowest BCUT2D eigenvalue weighted by atomic mass is 9.54. The molecule has 8 N–H and O–H groups in total. The number of ketones is 3. The number of anilines is 1. The minimum atomic E-state index is -3.04. The number of aliphatic hydroxyl groups is 4. The Labute approximate surface area is 279 Å². The van der Waals surface area contributed by atoms with E-state index in [0.717, 1.165) is 0 Å². The van der Waals surface area contributed by atoms with Gasteiger partial charge in [-0.15, -0.1) is 0 Å². The van der Waals surface area contributed by atoms with Crippen LogP contribution in [0.5, 0.6) is 5.75 Å². The van der Waals surface area contributed by atoms with Gasteiger partial charge in [0.2, 0.25) is 5.78 Å². The first-order valence-corrected chi connectivity index (χ1v) is 15.3. The van der Waals surface area contributed by atoms with E-state index in [1.807, 2.05) is 0 Å². The van der Waals surface area contributed by atoms with Crippen molar-refractivity contribution >= 4 is 40.6 Å². The maximum absolute atomic E-state index is 14.2. The van der Waals surface area contributed by atoms with E-state index in [0.29, 0.717) is 11.1 Å². The molecule has 3 aliphatic rings. The summed E-state index contributed by atoms with van der Waals surface area (Å²) in [4.78, 5) is 66.9. The Morgan fingerprint density at radius 3 is 2.06 bits per heavy atom. The molecule has 0 saturated heterocycles. The number of phenols is 1. The average molecular weight is 668 g/mol. The van der Waals surface area contributed by atoms with E-state index in [-0.39, 0.29) is 28.2 Å². The van der Waals surface area contributed by atoms with Gasteiger partial charge in [0.05, 0.1) is 29.3 Å². The number of carbonyl (C=O) groups is 5. The Bertz CT molecular complexity index is 2020. The number of nitrogens with two attached hydrogens (primary N) is 1. The van der Waals surface area contributed by atoms with Gasteiger partial charge >= 0.3 is 0 Å². The summed E-state index contributed by atoms with van der Waals surface area (Å²) in [6, 6.07) is 15.8. The van der Waals surface area contributed by atoms with Crippen LogP contribution in [0.3, 0.4) is 0 Å². The van der Waals surface area contributed by atoms with Gasteiger partial charge in [-0.1, -0.05) is 55.5 Å². The first-order chi connectivity index (χ1) is 23.1. The first kappa shape index (κ1) is 33.3. The molecule has 13 heteroatoms. The summed E-state index contributed by atoms with van der Waals surface area (Å²) >= 11 is 0. The number of Topliss-reactive ketones (excluding diaryl/α,β-unsaturated/α-hetero) is 2. The number of nitrogens with zero attached hydrogens (tertiary/aromatic N) is 1. The molecular formula is C36H33N3O10. The van der Waals surface area contributed by atoms with Crippen molar-refractivity contribution in [3.63, 3.8) is 0 Å². The number of hydrogen-bond acceptors (Lipinski definition) is 11. The number of carbonyl (C=O) groups excluding carboxylic acids is 5. The van der Waals surface area contributed by atoms with Crippen LogP contribution in [0.2, 0.25) is 0 Å². The molecule has 0 unspecified atom stereocenters. The summed E-state index contributed by atoms with van der Waals surface area (Å²) in [7, 11) is 2.85. The molecule has 1 fully saturated rings. The Hall–Kier alpha value is -5.63. The van der Waals surface area contributed by atoms with Crippen molar-refractivity contribution in [2.75, 3.05) is 19.4 Å². The topological polar surface area (TPSA) is 228 Å². The number of phenolic OH excluding ortho intramolecular Hbond substituents is 1. The second-order valence-corrected chi connectivity index (χ2v) is 12.7. The van der Waals surface area contributed by atoms with Gasteiger partial charge in [-0.3, -0.25) is 28.9 Å². The van der Waals surface area contributed by atoms with Crippen molar-refractivity contribution in [2.45, 2.75) is 30.6 Å². The highest BCUT2D eigenvalue weighted by Gasteiger charge is 2.68. The van der Waals surface area contributed by atoms with Crippen LogP contribution in [0, 0.1) is 11.8 Å². The van der Waals surface area contributed by atoms with Crippen LogP contribution in [0.1, 0.15) is 50.2 Å². The zero-order valence-corrected chi connectivity index (χ0v) is 26.5. The zero-order valence-electron chi connectivity index (χ0n) is 26.5. The van der Waals surface area contributed by atoms with Crippen molar-refractivity contribution in [3.05, 3.63) is 111 Å². The lowest BCUT2D eigenvalue weighted by molar-refractivity contribution is -0.169. The molecule has 3 aromatic rings. The Kier molecular flexibility index (Phi) is 8.02. The van der Waals surface area contributed by atoms with Gasteiger partial charge in [0.25, 0.3) is 11.8 Å². The number of likely N-dealkylation sites (N-methyl/N-ethyl adjacent to an activating group) is 1. The fraction of sp³-hybridized carbons (Fsp3) is 0.250. The Morgan fingerprint density at radius 1 is 0.878 bits per heavy atom. The number of aliphatic hydroxyl groups excluding tert-OH is 3. The van der Waals surface area contributed by atoms with Gasteiger partial charge in [0, 0.05) is 28.2 Å². The largest absolute Gasteiger partial charge is 0.508 e. The Morgan fingerprint density at radius 2 is 1.47 bits per heavy atom. The highest BCUT2D eigenvalue weighted by Crippen LogP contribution is 2.56. The second kappa shape index (κ2) is 11.8. The summed E-state index contributed by atoms with van der Waals surface area (Å²) in [5, 5.41) is 60.1. The molecule has 3 aromatic carbocycles. The molecule has 0 spiro atoms. The van der Waals surface area contributed by atoms with E-state index < -0.39 is 87.3 Å². The molecule has 0 aromatic heterocycles. The smallest absolute Gasteiger partial charge is 0.255 e. The standard InChI is InChI=1S/C36H33N3O10/c1-15-19-13-14-20(38-35(48)18-11-9-17(10-12-18)27(40)16-7-5-4-6-8-16)28(41)22(19)29(42)23-21(15)30(43)25-26(39(2)3)31(44)24(34(37)47)33(46)36(25,49)32(23)45/h4-15,21,25-26,30,41-43,46,49H,1-3H3,(H2,37,47)(H,38,48)/t15-,21+,25+,26-,30-,36-/m1/s1. The number of rotatable bonds is 6. The molecule has 13 nitrogen and oxygen atoms in total. The number of primary amides is 1. The minimum absolute atomic E-state index is 0.145. The molecule has 0 radical (unpaired) electrons. The molecule has 252 valence electrons. The van der Waals surface area contributed by atoms with Gasteiger partial charge in [-0.05, 0) is 43.8 Å². The molecule has 0 bridgehead atoms. The van der Waals surface area contributed by atoms with E-state index in [1.165, 1.54) is 55.4 Å². The van der Waals surface area contributed by atoms with Crippen LogP contribution < -0.4 is 11.1 Å². The van der Waals surface area contributed by atoms with Crippen LogP contribution in [0.25, 0.3) is 5.76 Å². The molecular weight excluding hydrogens is 634 g/mol. The molecule has 0 heterocycles. The Balaban J connectivity index is 1.38. The highest BCUT2D eigenvalue weighted by atomic mass is 16.4. The maximum Gasteiger partial charge on any atom is 0.255 e. The summed E-state index contributed by atoms with van der Waals surface area (Å²) < 4.78 is 0. The average Bonchev–Trinajstić information content (AvgIpc) is 3.07. The molecule has 1 saturated carbocycles. The van der Waals surface area contributed by atoms with Crippen LogP contribution >= 0.6 is 0 Å². The first-order valence-electron chi connectivity index (χ1n) is 15.3. The lowest BCUT2D eigenvalue weighted by Gasteiger charge is -2.53. The van der Waals surface area contributed by atoms with E-state index in [9.17, 15) is 49.5 Å². The third-order valence-electron chi connectivity index (χ3n) is 9.82. The molecule has 6 rings (SSSR count). The number of benzene rings is 3. The SMILES string of the molecule is C[C@@H]1c2ccc(NC(=O)c3ccc(C(=O)c4ccccc4)cc3)c(O)c2C(O)=C2C(=O)[C@@]3(O)C(O)=C(C(N)=O)C(=O)[C@H](N(C)C)[C@H]3[C@H](O)[C@H]21. The molecule has 0 aliphatic heterocycles. The number of amides is 2. The van der Waals surface area contributed by atoms with Crippen molar-refractivity contribution in [3.8, 4) is 5.75 Å². The molecule has 2 amide bonds. The fourth-order valence-corrected chi connectivity index (χ4v) is 7.44. The molecule has 49 heavy (non-hydrogen) atoms. The summed E-state index contributed by atoms with van der Waals surface area (Å²) in [5.74, 6) is -11.1. The van der Waals surface area contributed by atoms with Gasteiger partial charge in [0.1, 0.15) is 22.8 Å². The number of fused-ring (bicyclic) bond motifs is 3. The minimum Gasteiger partial charge on any atom is -0.508 e. The van der Waals surface area contributed by atoms with Crippen LogP contribution in [0.15, 0.2) is 83.6 Å². The molecule has 3 aliphatic carbocycles. The predicted molar refractivity (Wildman–Crippen MR) is 175 cm³/mol. The van der Waals surface area contributed by atoms with Crippen LogP contribution in [-0.2, 0) is 14.4 Å². The van der Waals surface area contributed by atoms with Gasteiger partial charge in [0.15, 0.2) is 17.2 Å². The van der Waals surface area contributed by atoms with E-state index in [1.54, 1.807) is 37.3 Å². The quantitative estimate of drug-likeness (QED) is 0.114. The summed E-state index contributed by atoms with van der Waals surface area (Å²) in [5.41, 5.74) is 1.59. The monoisotopic (exact) mass is 667 g/mol. The van der Waals surface area contributed by atoms with Crippen LogP contribution in [0.4, 0.5) is 5.69 Å². The van der Waals surface area contributed by atoms with Gasteiger partial charge in [-0.25, -0.2) is 0 Å². The number of aromatic hydroxyl groups is 1. The van der Waals surface area contributed by atoms with Crippen molar-refractivity contribution in [1.29, 1.82) is 0 Å². The fourth-order valence-electron chi connectivity index (χ4n) is 7.44. The highest BCUT2D eigenvalue weighted by molar-refractivity contribution is 6.24. The number of nitrogens with one attached hydrogen (secondary N) is 1. The summed E-state index contributed by atoms with van der Waals surface area (Å²) in [6.07, 6.45) is -1.73. The van der Waals surface area contributed by atoms with Crippen molar-refractivity contribution in [2.24, 2.45) is 17.6 Å². The van der Waals surface area contributed by atoms with Crippen molar-refractivity contribution in [1.82, 2.24) is 4.90 Å². The second-order valence-electron chi connectivity index (χ2n) is 12.7. The van der Waals surface area contributed by atoms with E-state index >= 15 is 0 Å². The van der Waals surface area contributed by atoms with E-state index in [2.05, 4.69) is 5.32 Å². The maximum atomic E-state index is 14.2. The lowest BCUT2D eigenvalue weighted by Crippen LogP contribution is -2.70. The summed E-state index contributed by atoms with van der Waals surface area (Å²) in [6.45, 7) is 1.60. The van der Waals surface area contributed by atoms with Crippen LogP contribution in [-0.4, -0.2) is 91.4 Å². The van der Waals surface area contributed by atoms with Gasteiger partial charge in [-0.2, -0.15) is 0 Å². The predicted octanol–water partition coefficient (Wildman–Crippen LogP) is 1.98. The third-order valence-corrected chi connectivity index (χ3v) is 9.82. The van der Waals surface area contributed by atoms with Gasteiger partial charge < -0.3 is 36.6 Å². The number of hydrogen-bond donors (Lipinski definition) is 7. The van der Waals surface area contributed by atoms with E-state index in [4.69, 9.17) is 5.73 Å². The zero-order chi connectivity index (χ0) is 35.7. The molecule has 6 atom stereocenters. The van der Waals surface area contributed by atoms with Crippen molar-refractivity contribution < 1.29 is 49.5 Å².